The standard InChI is InChI=1S/C29H18ClN5O2S/c1-17-13-22(23-14-19(15-31)6-12-26(23)37-2)24(16-32-17)27(36)35-29-34-25-11-10-21(33-28(25)38-29)9-5-18-3-7-20(30)8-4-18/h3-4,6-8,10-14,16H,1-2H3,(H,34,35,36). The average Bonchev–Trinajstić information content (AvgIpc) is 3.33. The van der Waals surface area contributed by atoms with Crippen molar-refractivity contribution in [2.75, 3.05) is 12.4 Å². The zero-order valence-corrected chi connectivity index (χ0v) is 21.8. The lowest BCUT2D eigenvalue weighted by molar-refractivity contribution is 0.102. The number of hydrogen-bond donors (Lipinski definition) is 1. The molecule has 0 radical (unpaired) electrons. The molecule has 1 amide bonds. The third-order valence-corrected chi connectivity index (χ3v) is 6.69. The van der Waals surface area contributed by atoms with Gasteiger partial charge in [-0.25, -0.2) is 9.97 Å². The predicted octanol–water partition coefficient (Wildman–Crippen LogP) is 6.25. The molecule has 38 heavy (non-hydrogen) atoms. The van der Waals surface area contributed by atoms with Gasteiger partial charge in [-0.1, -0.05) is 28.9 Å². The minimum atomic E-state index is -0.390. The fourth-order valence-electron chi connectivity index (χ4n) is 3.73. The number of fused-ring (bicyclic) bond motifs is 1. The topological polar surface area (TPSA) is 101 Å². The molecule has 5 rings (SSSR count). The number of aryl methyl sites for hydroxylation is 1. The highest BCUT2D eigenvalue weighted by atomic mass is 35.5. The molecule has 0 aliphatic heterocycles. The highest BCUT2D eigenvalue weighted by Gasteiger charge is 2.19. The Labute approximate surface area is 227 Å². The number of anilines is 1. The van der Waals surface area contributed by atoms with Crippen molar-refractivity contribution in [2.24, 2.45) is 0 Å². The molecule has 0 aliphatic carbocycles. The second kappa shape index (κ2) is 10.7. The molecule has 1 N–H and O–H groups in total. The Morgan fingerprint density at radius 3 is 2.55 bits per heavy atom. The van der Waals surface area contributed by atoms with Gasteiger partial charge in [-0.05, 0) is 73.5 Å². The van der Waals surface area contributed by atoms with Gasteiger partial charge in [-0.15, -0.1) is 0 Å². The van der Waals surface area contributed by atoms with E-state index in [-0.39, 0.29) is 0 Å². The molecule has 184 valence electrons. The van der Waals surface area contributed by atoms with E-state index in [1.807, 2.05) is 25.1 Å². The maximum atomic E-state index is 13.4. The summed E-state index contributed by atoms with van der Waals surface area (Å²) in [7, 11) is 1.54. The molecular formula is C29H18ClN5O2S. The molecular weight excluding hydrogens is 518 g/mol. The third-order valence-electron chi connectivity index (χ3n) is 5.56. The Hall–Kier alpha value is -4.76. The summed E-state index contributed by atoms with van der Waals surface area (Å²) in [4.78, 5) is 27.4. The maximum absolute atomic E-state index is 13.4. The number of halogens is 1. The van der Waals surface area contributed by atoms with E-state index in [9.17, 15) is 10.1 Å². The van der Waals surface area contributed by atoms with Gasteiger partial charge in [0.25, 0.3) is 5.91 Å². The molecule has 0 saturated carbocycles. The Morgan fingerprint density at radius 1 is 1.00 bits per heavy atom. The molecule has 0 aliphatic rings. The third kappa shape index (κ3) is 5.33. The minimum absolute atomic E-state index is 0.325. The van der Waals surface area contributed by atoms with E-state index in [4.69, 9.17) is 16.3 Å². The number of benzene rings is 2. The number of amides is 1. The first-order chi connectivity index (χ1) is 18.4. The van der Waals surface area contributed by atoms with Crippen molar-refractivity contribution >= 4 is 44.3 Å². The molecule has 0 fully saturated rings. The molecule has 0 bridgehead atoms. The van der Waals surface area contributed by atoms with Crippen LogP contribution in [0.15, 0.2) is 66.9 Å². The molecule has 3 heterocycles. The number of pyridine rings is 2. The Bertz CT molecular complexity index is 1800. The summed E-state index contributed by atoms with van der Waals surface area (Å²) in [5, 5.41) is 13.3. The summed E-state index contributed by atoms with van der Waals surface area (Å²) >= 11 is 7.18. The number of aromatic nitrogens is 3. The zero-order valence-electron chi connectivity index (χ0n) is 20.2. The number of hydrogen-bond acceptors (Lipinski definition) is 7. The second-order valence-electron chi connectivity index (χ2n) is 8.15. The fourth-order valence-corrected chi connectivity index (χ4v) is 4.68. The van der Waals surface area contributed by atoms with E-state index in [0.29, 0.717) is 54.2 Å². The Balaban J connectivity index is 1.44. The van der Waals surface area contributed by atoms with Crippen molar-refractivity contribution in [3.05, 3.63) is 100.0 Å². The average molecular weight is 536 g/mol. The first-order valence-corrected chi connectivity index (χ1v) is 12.5. The lowest BCUT2D eigenvalue weighted by Crippen LogP contribution is -2.14. The summed E-state index contributed by atoms with van der Waals surface area (Å²) in [5.41, 5.74) is 4.78. The molecule has 0 saturated heterocycles. The Kier molecular flexibility index (Phi) is 7.01. The summed E-state index contributed by atoms with van der Waals surface area (Å²) in [5.74, 6) is 6.26. The van der Waals surface area contributed by atoms with Gasteiger partial charge in [0.05, 0.1) is 24.3 Å². The van der Waals surface area contributed by atoms with Gasteiger partial charge in [-0.3, -0.25) is 15.1 Å². The lowest BCUT2D eigenvalue weighted by Gasteiger charge is -2.13. The van der Waals surface area contributed by atoms with Crippen molar-refractivity contribution in [1.82, 2.24) is 15.0 Å². The summed E-state index contributed by atoms with van der Waals surface area (Å²) in [6.07, 6.45) is 1.51. The van der Waals surface area contributed by atoms with Crippen molar-refractivity contribution in [3.63, 3.8) is 0 Å². The molecule has 5 aromatic rings. The minimum Gasteiger partial charge on any atom is -0.496 e. The van der Waals surface area contributed by atoms with Crippen molar-refractivity contribution in [3.8, 4) is 34.8 Å². The van der Waals surface area contributed by atoms with Gasteiger partial charge in [0.15, 0.2) is 5.13 Å². The van der Waals surface area contributed by atoms with Crippen LogP contribution in [0.4, 0.5) is 5.13 Å². The molecule has 0 unspecified atom stereocenters. The number of rotatable bonds is 4. The number of nitrogens with zero attached hydrogens (tertiary/aromatic N) is 4. The number of nitriles is 1. The van der Waals surface area contributed by atoms with E-state index in [2.05, 4.69) is 38.2 Å². The predicted molar refractivity (Wildman–Crippen MR) is 148 cm³/mol. The molecule has 3 aromatic heterocycles. The van der Waals surface area contributed by atoms with E-state index in [0.717, 1.165) is 11.3 Å². The number of carbonyl (C=O) groups excluding carboxylic acids is 1. The quantitative estimate of drug-likeness (QED) is 0.273. The van der Waals surface area contributed by atoms with Gasteiger partial charge >= 0.3 is 0 Å². The van der Waals surface area contributed by atoms with E-state index >= 15 is 0 Å². The van der Waals surface area contributed by atoms with Crippen LogP contribution in [0.3, 0.4) is 0 Å². The molecule has 0 spiro atoms. The summed E-state index contributed by atoms with van der Waals surface area (Å²) < 4.78 is 5.50. The van der Waals surface area contributed by atoms with Crippen LogP contribution in [0.5, 0.6) is 5.75 Å². The van der Waals surface area contributed by atoms with Gasteiger partial charge in [-0.2, -0.15) is 5.26 Å². The van der Waals surface area contributed by atoms with Gasteiger partial charge in [0.2, 0.25) is 0 Å². The monoisotopic (exact) mass is 535 g/mol. The number of nitrogens with one attached hydrogen (secondary N) is 1. The molecule has 7 nitrogen and oxygen atoms in total. The highest BCUT2D eigenvalue weighted by Crippen LogP contribution is 2.34. The van der Waals surface area contributed by atoms with Crippen molar-refractivity contribution in [1.29, 1.82) is 5.26 Å². The van der Waals surface area contributed by atoms with Crippen LogP contribution in [-0.2, 0) is 0 Å². The molecule has 9 heteroatoms. The fraction of sp³-hybridized carbons (Fsp3) is 0.0690. The van der Waals surface area contributed by atoms with E-state index in [1.54, 1.807) is 49.6 Å². The molecule has 2 aromatic carbocycles. The van der Waals surface area contributed by atoms with Crippen LogP contribution in [0, 0.1) is 30.1 Å². The van der Waals surface area contributed by atoms with Crippen LogP contribution in [0.1, 0.15) is 32.9 Å². The van der Waals surface area contributed by atoms with Crippen LogP contribution in [0.2, 0.25) is 5.02 Å². The smallest absolute Gasteiger partial charge is 0.259 e. The maximum Gasteiger partial charge on any atom is 0.259 e. The van der Waals surface area contributed by atoms with Crippen molar-refractivity contribution < 1.29 is 9.53 Å². The van der Waals surface area contributed by atoms with E-state index in [1.165, 1.54) is 17.5 Å². The summed E-state index contributed by atoms with van der Waals surface area (Å²) in [6.45, 7) is 1.83. The first kappa shape index (κ1) is 24.9. The number of thiazole rings is 1. The van der Waals surface area contributed by atoms with Crippen molar-refractivity contribution in [2.45, 2.75) is 6.92 Å². The SMILES string of the molecule is COc1ccc(C#N)cc1-c1cc(C)ncc1C(=O)Nc1nc2ccc(C#Cc3ccc(Cl)cc3)nc2s1. The molecule has 0 atom stereocenters. The number of methoxy groups -OCH3 is 1. The van der Waals surface area contributed by atoms with Crippen LogP contribution >= 0.6 is 22.9 Å². The second-order valence-corrected chi connectivity index (χ2v) is 9.56. The van der Waals surface area contributed by atoms with Gasteiger partial charge in [0, 0.05) is 33.6 Å². The van der Waals surface area contributed by atoms with Crippen LogP contribution in [0.25, 0.3) is 21.5 Å². The first-order valence-electron chi connectivity index (χ1n) is 11.3. The van der Waals surface area contributed by atoms with E-state index < -0.39 is 5.91 Å². The number of carbonyl (C=O) groups is 1. The van der Waals surface area contributed by atoms with Gasteiger partial charge < -0.3 is 4.74 Å². The largest absolute Gasteiger partial charge is 0.496 e. The highest BCUT2D eigenvalue weighted by molar-refractivity contribution is 7.22. The number of ether oxygens (including phenoxy) is 1. The summed E-state index contributed by atoms with van der Waals surface area (Å²) in [6, 6.07) is 19.8. The zero-order chi connectivity index (χ0) is 26.6. The normalized spacial score (nSPS) is 10.4. The lowest BCUT2D eigenvalue weighted by atomic mass is 9.97. The Morgan fingerprint density at radius 2 is 1.79 bits per heavy atom. The van der Waals surface area contributed by atoms with Crippen LogP contribution in [-0.4, -0.2) is 28.0 Å². The van der Waals surface area contributed by atoms with Gasteiger partial charge in [0.1, 0.15) is 21.8 Å². The van der Waals surface area contributed by atoms with Crippen LogP contribution < -0.4 is 10.1 Å².